The molecule has 2 heterocycles. The minimum Gasteiger partial charge on any atom is -0.392 e. The van der Waals surface area contributed by atoms with Crippen molar-refractivity contribution < 1.29 is 9.59 Å². The third-order valence-electron chi connectivity index (χ3n) is 5.11. The van der Waals surface area contributed by atoms with Crippen LogP contribution in [0.3, 0.4) is 0 Å². The van der Waals surface area contributed by atoms with Gasteiger partial charge < -0.3 is 20.9 Å². The number of carbonyl (C=O) groups is 2. The van der Waals surface area contributed by atoms with Gasteiger partial charge in [0.15, 0.2) is 0 Å². The Bertz CT molecular complexity index is 476. The molecule has 6 nitrogen and oxygen atoms in total. The van der Waals surface area contributed by atoms with Crippen LogP contribution in [0.2, 0.25) is 0 Å². The van der Waals surface area contributed by atoms with Crippen molar-refractivity contribution >= 4 is 29.1 Å². The molecule has 1 saturated carbocycles. The maximum absolute atomic E-state index is 13.0. The minimum atomic E-state index is -0.647. The van der Waals surface area contributed by atoms with Crippen LogP contribution in [0.25, 0.3) is 0 Å². The number of urea groups is 1. The molecule has 3 aliphatic rings. The molecule has 3 fully saturated rings. The van der Waals surface area contributed by atoms with E-state index in [1.165, 1.54) is 0 Å². The van der Waals surface area contributed by atoms with E-state index in [-0.39, 0.29) is 18.0 Å². The average Bonchev–Trinajstić information content (AvgIpc) is 2.88. The van der Waals surface area contributed by atoms with Gasteiger partial charge in [0, 0.05) is 26.2 Å². The Morgan fingerprint density at radius 3 is 2.67 bits per heavy atom. The van der Waals surface area contributed by atoms with Gasteiger partial charge in [-0.3, -0.25) is 4.79 Å². The molecule has 1 unspecified atom stereocenters. The molecule has 0 bridgehead atoms. The van der Waals surface area contributed by atoms with Crippen LogP contribution in [0.15, 0.2) is 0 Å². The molecule has 3 amide bonds. The highest BCUT2D eigenvalue weighted by atomic mass is 32.1. The molecule has 21 heavy (non-hydrogen) atoms. The highest BCUT2D eigenvalue weighted by molar-refractivity contribution is 7.80. The van der Waals surface area contributed by atoms with E-state index < -0.39 is 5.41 Å². The van der Waals surface area contributed by atoms with Crippen LogP contribution in [-0.2, 0) is 4.79 Å². The van der Waals surface area contributed by atoms with Gasteiger partial charge >= 0.3 is 6.03 Å². The van der Waals surface area contributed by atoms with Crippen molar-refractivity contribution in [2.75, 3.05) is 26.2 Å². The van der Waals surface area contributed by atoms with Gasteiger partial charge in [-0.2, -0.15) is 0 Å². The molecule has 0 aromatic carbocycles. The largest absolute Gasteiger partial charge is 0.392 e. The maximum Gasteiger partial charge on any atom is 0.317 e. The number of hydrogen-bond acceptors (Lipinski definition) is 3. The third kappa shape index (κ3) is 2.37. The summed E-state index contributed by atoms with van der Waals surface area (Å²) in [5.41, 5.74) is 5.30. The Hall–Kier alpha value is -1.37. The highest BCUT2D eigenvalue weighted by Crippen LogP contribution is 2.39. The predicted molar refractivity (Wildman–Crippen MR) is 82.8 cm³/mol. The second-order valence-electron chi connectivity index (χ2n) is 6.29. The third-order valence-corrected chi connectivity index (χ3v) is 5.50. The number of nitrogens with two attached hydrogens (primary N) is 1. The molecular formula is C14H22N4O2S. The molecule has 3 rings (SSSR count). The highest BCUT2D eigenvalue weighted by Gasteiger charge is 2.47. The lowest BCUT2D eigenvalue weighted by Crippen LogP contribution is -2.59. The average molecular weight is 310 g/mol. The van der Waals surface area contributed by atoms with Gasteiger partial charge in [-0.25, -0.2) is 4.79 Å². The standard InChI is InChI=1S/C14H22N4O2S/c15-11(21)14(4-2-1-3-5-14)12(19)17-6-7-18-10(9-17)8-16-13(18)20/h10H,1-9H2,(H2,15,21)(H,16,20). The number of hydrogen-bond donors (Lipinski definition) is 2. The quantitative estimate of drug-likeness (QED) is 0.726. The Morgan fingerprint density at radius 1 is 1.29 bits per heavy atom. The fraction of sp³-hybridized carbons (Fsp3) is 0.786. The van der Waals surface area contributed by atoms with Gasteiger partial charge in [-0.15, -0.1) is 0 Å². The second-order valence-corrected chi connectivity index (χ2v) is 6.73. The fourth-order valence-corrected chi connectivity index (χ4v) is 4.10. The zero-order valence-corrected chi connectivity index (χ0v) is 13.0. The lowest BCUT2D eigenvalue weighted by Gasteiger charge is -2.43. The smallest absolute Gasteiger partial charge is 0.317 e. The molecule has 2 aliphatic heterocycles. The van der Waals surface area contributed by atoms with E-state index in [9.17, 15) is 9.59 Å². The van der Waals surface area contributed by atoms with Gasteiger partial charge in [0.1, 0.15) is 0 Å². The van der Waals surface area contributed by atoms with E-state index in [4.69, 9.17) is 18.0 Å². The molecule has 116 valence electrons. The summed E-state index contributed by atoms with van der Waals surface area (Å²) < 4.78 is 0. The van der Waals surface area contributed by atoms with Crippen molar-refractivity contribution in [3.63, 3.8) is 0 Å². The number of fused-ring (bicyclic) bond motifs is 1. The van der Waals surface area contributed by atoms with Crippen molar-refractivity contribution in [1.82, 2.24) is 15.1 Å². The molecule has 2 saturated heterocycles. The van der Waals surface area contributed by atoms with Gasteiger partial charge in [0.2, 0.25) is 5.91 Å². The fourth-order valence-electron chi connectivity index (χ4n) is 3.81. The molecule has 0 radical (unpaired) electrons. The van der Waals surface area contributed by atoms with Crippen molar-refractivity contribution in [2.45, 2.75) is 38.1 Å². The Morgan fingerprint density at radius 2 is 2.00 bits per heavy atom. The zero-order valence-electron chi connectivity index (χ0n) is 12.1. The molecule has 0 aromatic rings. The van der Waals surface area contributed by atoms with Crippen LogP contribution in [0, 0.1) is 5.41 Å². The number of nitrogens with one attached hydrogen (secondary N) is 1. The van der Waals surface area contributed by atoms with Crippen molar-refractivity contribution in [2.24, 2.45) is 11.1 Å². The summed E-state index contributed by atoms with van der Waals surface area (Å²) in [4.78, 5) is 28.7. The summed E-state index contributed by atoms with van der Waals surface area (Å²) in [7, 11) is 0. The molecule has 1 aliphatic carbocycles. The molecule has 0 spiro atoms. The topological polar surface area (TPSA) is 78.7 Å². The van der Waals surface area contributed by atoms with Crippen molar-refractivity contribution in [1.29, 1.82) is 0 Å². The molecule has 3 N–H and O–H groups in total. The summed E-state index contributed by atoms with van der Waals surface area (Å²) in [5.74, 6) is 0.0775. The van der Waals surface area contributed by atoms with E-state index in [0.29, 0.717) is 31.2 Å². The first kappa shape index (κ1) is 14.6. The van der Waals surface area contributed by atoms with Gasteiger partial charge in [0.05, 0.1) is 16.4 Å². The first-order valence-corrected chi connectivity index (χ1v) is 8.09. The first-order valence-electron chi connectivity index (χ1n) is 7.68. The number of rotatable bonds is 2. The predicted octanol–water partition coefficient (Wildman–Crippen LogP) is 0.459. The van der Waals surface area contributed by atoms with E-state index >= 15 is 0 Å². The summed E-state index contributed by atoms with van der Waals surface area (Å²) in [6, 6.07) is 0.0658. The summed E-state index contributed by atoms with van der Waals surface area (Å²) in [6.07, 6.45) is 4.69. The van der Waals surface area contributed by atoms with Gasteiger partial charge in [-0.1, -0.05) is 31.5 Å². The van der Waals surface area contributed by atoms with Crippen molar-refractivity contribution in [3.8, 4) is 0 Å². The first-order chi connectivity index (χ1) is 10.0. The number of nitrogens with zero attached hydrogens (tertiary/aromatic N) is 2. The Kier molecular flexibility index (Phi) is 3.77. The Labute approximate surface area is 130 Å². The number of amides is 3. The van der Waals surface area contributed by atoms with Crippen LogP contribution < -0.4 is 11.1 Å². The van der Waals surface area contributed by atoms with Crippen LogP contribution in [0.5, 0.6) is 0 Å². The van der Waals surface area contributed by atoms with Crippen LogP contribution in [0.1, 0.15) is 32.1 Å². The SMILES string of the molecule is NC(=S)C1(C(=O)N2CCN3C(=O)NCC3C2)CCCCC1. The normalized spacial score (nSPS) is 28.0. The van der Waals surface area contributed by atoms with E-state index in [0.717, 1.165) is 32.1 Å². The van der Waals surface area contributed by atoms with E-state index in [1.54, 1.807) is 0 Å². The number of thiocarbonyl (C=S) groups is 1. The number of carbonyl (C=O) groups excluding carboxylic acids is 2. The lowest BCUT2D eigenvalue weighted by molar-refractivity contribution is -0.142. The minimum absolute atomic E-state index is 0.0196. The molecule has 1 atom stereocenters. The molecular weight excluding hydrogens is 288 g/mol. The number of piperazine rings is 1. The monoisotopic (exact) mass is 310 g/mol. The second kappa shape index (κ2) is 5.44. The van der Waals surface area contributed by atoms with Crippen LogP contribution >= 0.6 is 12.2 Å². The van der Waals surface area contributed by atoms with Crippen LogP contribution in [-0.4, -0.2) is 58.9 Å². The van der Waals surface area contributed by atoms with E-state index in [1.807, 2.05) is 9.80 Å². The zero-order chi connectivity index (χ0) is 15.0. The maximum atomic E-state index is 13.0. The van der Waals surface area contributed by atoms with E-state index in [2.05, 4.69) is 5.32 Å². The van der Waals surface area contributed by atoms with Crippen molar-refractivity contribution in [3.05, 3.63) is 0 Å². The summed E-state index contributed by atoms with van der Waals surface area (Å²) in [6.45, 7) is 2.37. The lowest BCUT2D eigenvalue weighted by atomic mass is 9.72. The summed E-state index contributed by atoms with van der Waals surface area (Å²) >= 11 is 5.24. The van der Waals surface area contributed by atoms with Crippen LogP contribution in [0.4, 0.5) is 4.79 Å². The molecule has 0 aromatic heterocycles. The van der Waals surface area contributed by atoms with Gasteiger partial charge in [0.25, 0.3) is 0 Å². The molecule has 7 heteroatoms. The summed E-state index contributed by atoms with van der Waals surface area (Å²) in [5, 5.41) is 2.83. The Balaban J connectivity index is 1.75. The van der Waals surface area contributed by atoms with Gasteiger partial charge in [-0.05, 0) is 12.8 Å².